The van der Waals surface area contributed by atoms with E-state index in [1.165, 1.54) is 0 Å². The maximum Gasteiger partial charge on any atom is 0.231 e. The van der Waals surface area contributed by atoms with Crippen molar-refractivity contribution in [3.8, 4) is 0 Å². The SMILES string of the molecule is CCC(C(=O)NC1=C(C(C)=O)[C@@H]2[C@H](C1)C2(C)C)c1ccccc1. The van der Waals surface area contributed by atoms with Gasteiger partial charge in [-0.15, -0.1) is 0 Å². The molecule has 0 spiro atoms. The fourth-order valence-corrected chi connectivity index (χ4v) is 4.26. The highest BCUT2D eigenvalue weighted by atomic mass is 16.2. The van der Waals surface area contributed by atoms with Gasteiger partial charge in [-0.1, -0.05) is 51.1 Å². The number of amides is 1. The van der Waals surface area contributed by atoms with Crippen molar-refractivity contribution in [3.63, 3.8) is 0 Å². The summed E-state index contributed by atoms with van der Waals surface area (Å²) in [5, 5.41) is 3.08. The van der Waals surface area contributed by atoms with Gasteiger partial charge in [-0.3, -0.25) is 9.59 Å². The third-order valence-electron chi connectivity index (χ3n) is 5.69. The Morgan fingerprint density at radius 3 is 2.48 bits per heavy atom. The van der Waals surface area contributed by atoms with Crippen molar-refractivity contribution in [2.45, 2.75) is 46.5 Å². The third kappa shape index (κ3) is 2.62. The molecule has 1 N–H and O–H groups in total. The highest BCUT2D eigenvalue weighted by Gasteiger charge is 2.64. The molecule has 122 valence electrons. The molecule has 0 heterocycles. The molecule has 1 amide bonds. The van der Waals surface area contributed by atoms with E-state index < -0.39 is 0 Å². The van der Waals surface area contributed by atoms with Crippen LogP contribution in [0.15, 0.2) is 41.6 Å². The van der Waals surface area contributed by atoms with E-state index >= 15 is 0 Å². The quantitative estimate of drug-likeness (QED) is 0.898. The molecule has 0 radical (unpaired) electrons. The Balaban J connectivity index is 1.81. The first-order chi connectivity index (χ1) is 10.9. The zero-order valence-electron chi connectivity index (χ0n) is 14.3. The second kappa shape index (κ2) is 5.63. The van der Waals surface area contributed by atoms with Crippen molar-refractivity contribution in [1.82, 2.24) is 5.32 Å². The van der Waals surface area contributed by atoms with Crippen LogP contribution in [-0.2, 0) is 9.59 Å². The molecule has 3 nitrogen and oxygen atoms in total. The number of allylic oxidation sites excluding steroid dienone is 2. The summed E-state index contributed by atoms with van der Waals surface area (Å²) < 4.78 is 0. The first-order valence-electron chi connectivity index (χ1n) is 8.47. The van der Waals surface area contributed by atoms with E-state index in [4.69, 9.17) is 0 Å². The Labute approximate surface area is 138 Å². The average molecular weight is 311 g/mol. The van der Waals surface area contributed by atoms with Crippen LogP contribution in [0.2, 0.25) is 0 Å². The Hall–Kier alpha value is -1.90. The minimum atomic E-state index is -0.165. The molecule has 1 saturated carbocycles. The number of hydrogen-bond donors (Lipinski definition) is 1. The van der Waals surface area contributed by atoms with Gasteiger partial charge in [0.05, 0.1) is 5.92 Å². The molecule has 0 bridgehead atoms. The topological polar surface area (TPSA) is 46.2 Å². The number of benzene rings is 1. The fourth-order valence-electron chi connectivity index (χ4n) is 4.26. The molecule has 0 saturated heterocycles. The van der Waals surface area contributed by atoms with Crippen molar-refractivity contribution in [1.29, 1.82) is 0 Å². The second-order valence-corrected chi connectivity index (χ2v) is 7.42. The lowest BCUT2D eigenvalue weighted by atomic mass is 9.93. The largest absolute Gasteiger partial charge is 0.329 e. The number of nitrogens with one attached hydrogen (secondary N) is 1. The summed E-state index contributed by atoms with van der Waals surface area (Å²) in [6.07, 6.45) is 1.57. The van der Waals surface area contributed by atoms with Crippen molar-refractivity contribution in [2.24, 2.45) is 17.3 Å². The Morgan fingerprint density at radius 2 is 1.91 bits per heavy atom. The van der Waals surface area contributed by atoms with Gasteiger partial charge in [0.25, 0.3) is 0 Å². The van der Waals surface area contributed by atoms with Gasteiger partial charge in [0.2, 0.25) is 5.91 Å². The first kappa shape index (κ1) is 16.0. The molecule has 3 rings (SSSR count). The zero-order chi connectivity index (χ0) is 16.8. The maximum absolute atomic E-state index is 12.7. The highest BCUT2D eigenvalue weighted by Crippen LogP contribution is 2.68. The van der Waals surface area contributed by atoms with Crippen LogP contribution in [0.5, 0.6) is 0 Å². The molecule has 1 fully saturated rings. The molecule has 2 aliphatic rings. The predicted octanol–water partition coefficient (Wildman–Crippen LogP) is 3.82. The van der Waals surface area contributed by atoms with Gasteiger partial charge in [-0.2, -0.15) is 0 Å². The summed E-state index contributed by atoms with van der Waals surface area (Å²) in [7, 11) is 0. The summed E-state index contributed by atoms with van der Waals surface area (Å²) >= 11 is 0. The molecule has 3 heteroatoms. The molecule has 2 aliphatic carbocycles. The molecular formula is C20H25NO2. The number of Topliss-reactive ketones (excluding diaryl/α,β-unsaturated/α-hetero) is 1. The third-order valence-corrected chi connectivity index (χ3v) is 5.69. The van der Waals surface area contributed by atoms with Crippen molar-refractivity contribution < 1.29 is 9.59 Å². The van der Waals surface area contributed by atoms with Crippen LogP contribution in [0.1, 0.15) is 52.0 Å². The van der Waals surface area contributed by atoms with Crippen LogP contribution >= 0.6 is 0 Å². The standard InChI is InChI=1S/C20H25NO2/c1-5-14(13-9-7-6-8-10-13)19(23)21-16-11-15-18(20(15,3)4)17(16)12(2)22/h6-10,14-15,18H,5,11H2,1-4H3,(H,21,23)/t14?,15-,18-/m0/s1. The monoisotopic (exact) mass is 311 g/mol. The van der Waals surface area contributed by atoms with E-state index in [0.717, 1.165) is 29.7 Å². The summed E-state index contributed by atoms with van der Waals surface area (Å²) in [6.45, 7) is 8.06. The van der Waals surface area contributed by atoms with E-state index in [0.29, 0.717) is 11.8 Å². The molecule has 23 heavy (non-hydrogen) atoms. The zero-order valence-corrected chi connectivity index (χ0v) is 14.3. The van der Waals surface area contributed by atoms with Crippen molar-refractivity contribution >= 4 is 11.7 Å². The van der Waals surface area contributed by atoms with E-state index in [1.807, 2.05) is 37.3 Å². The Morgan fingerprint density at radius 1 is 1.26 bits per heavy atom. The summed E-state index contributed by atoms with van der Waals surface area (Å²) in [4.78, 5) is 24.8. The van der Waals surface area contributed by atoms with E-state index in [1.54, 1.807) is 6.92 Å². The molecule has 1 aromatic carbocycles. The van der Waals surface area contributed by atoms with Crippen LogP contribution in [0.4, 0.5) is 0 Å². The van der Waals surface area contributed by atoms with Gasteiger partial charge in [0.1, 0.15) is 0 Å². The number of rotatable bonds is 5. The van der Waals surface area contributed by atoms with Gasteiger partial charge in [0, 0.05) is 11.3 Å². The van der Waals surface area contributed by atoms with Gasteiger partial charge in [0.15, 0.2) is 5.78 Å². The molecule has 1 aromatic rings. The molecule has 1 unspecified atom stereocenters. The van der Waals surface area contributed by atoms with Crippen LogP contribution < -0.4 is 5.32 Å². The molecule has 0 aromatic heterocycles. The normalized spacial score (nSPS) is 25.7. The minimum Gasteiger partial charge on any atom is -0.329 e. The summed E-state index contributed by atoms with van der Waals surface area (Å²) in [5.41, 5.74) is 2.96. The lowest BCUT2D eigenvalue weighted by Crippen LogP contribution is -2.30. The second-order valence-electron chi connectivity index (χ2n) is 7.42. The fraction of sp³-hybridized carbons (Fsp3) is 0.500. The smallest absolute Gasteiger partial charge is 0.231 e. The molecular weight excluding hydrogens is 286 g/mol. The number of fused-ring (bicyclic) bond motifs is 1. The first-order valence-corrected chi connectivity index (χ1v) is 8.47. The molecule has 0 aliphatic heterocycles. The lowest BCUT2D eigenvalue weighted by Gasteiger charge is -2.19. The van der Waals surface area contributed by atoms with Gasteiger partial charge >= 0.3 is 0 Å². The molecule has 3 atom stereocenters. The van der Waals surface area contributed by atoms with E-state index in [2.05, 4.69) is 19.2 Å². The summed E-state index contributed by atoms with van der Waals surface area (Å²) in [6, 6.07) is 9.85. The number of carbonyl (C=O) groups is 2. The van der Waals surface area contributed by atoms with Crippen LogP contribution in [0, 0.1) is 17.3 Å². The van der Waals surface area contributed by atoms with Crippen LogP contribution in [0.3, 0.4) is 0 Å². The van der Waals surface area contributed by atoms with Gasteiger partial charge in [-0.05, 0) is 42.6 Å². The van der Waals surface area contributed by atoms with Crippen molar-refractivity contribution in [2.75, 3.05) is 0 Å². The number of hydrogen-bond acceptors (Lipinski definition) is 2. The van der Waals surface area contributed by atoms with Gasteiger partial charge in [-0.25, -0.2) is 0 Å². The summed E-state index contributed by atoms with van der Waals surface area (Å²) in [5.74, 6) is 0.778. The van der Waals surface area contributed by atoms with Crippen LogP contribution in [-0.4, -0.2) is 11.7 Å². The lowest BCUT2D eigenvalue weighted by molar-refractivity contribution is -0.122. The van der Waals surface area contributed by atoms with E-state index in [-0.39, 0.29) is 23.0 Å². The number of ketones is 1. The van der Waals surface area contributed by atoms with E-state index in [9.17, 15) is 9.59 Å². The maximum atomic E-state index is 12.7. The predicted molar refractivity (Wildman–Crippen MR) is 90.7 cm³/mol. The number of carbonyl (C=O) groups excluding carboxylic acids is 2. The van der Waals surface area contributed by atoms with Crippen LogP contribution in [0.25, 0.3) is 0 Å². The minimum absolute atomic E-state index is 0.00607. The Bertz CT molecular complexity index is 672. The van der Waals surface area contributed by atoms with Gasteiger partial charge < -0.3 is 5.32 Å². The highest BCUT2D eigenvalue weighted by molar-refractivity contribution is 5.97. The Kier molecular flexibility index (Phi) is 3.91. The van der Waals surface area contributed by atoms with Crippen molar-refractivity contribution in [3.05, 3.63) is 47.2 Å². The average Bonchev–Trinajstić information content (AvgIpc) is 2.85.